The molecule has 7 rings (SSSR count). The van der Waals surface area contributed by atoms with Crippen LogP contribution in [0.2, 0.25) is 25.2 Å². The lowest BCUT2D eigenvalue weighted by Crippen LogP contribution is -2.55. The quantitative estimate of drug-likeness (QED) is 0.0916. The zero-order chi connectivity index (χ0) is 43.8. The van der Waals surface area contributed by atoms with Crippen molar-refractivity contribution in [3.8, 4) is 34.3 Å². The van der Waals surface area contributed by atoms with E-state index in [4.69, 9.17) is 28.7 Å². The lowest BCUT2D eigenvalue weighted by molar-refractivity contribution is -0.134. The molecular weight excluding hydrogens is 799 g/mol. The number of ketones is 1. The van der Waals surface area contributed by atoms with Crippen molar-refractivity contribution in [2.45, 2.75) is 102 Å². The molecule has 2 fully saturated rings. The second-order valence-electron chi connectivity index (χ2n) is 17.8. The van der Waals surface area contributed by atoms with E-state index in [9.17, 15) is 19.2 Å². The number of nitrogens with zero attached hydrogens (tertiary/aromatic N) is 3. The Morgan fingerprint density at radius 3 is 2.25 bits per heavy atom. The summed E-state index contributed by atoms with van der Waals surface area (Å²) in [6, 6.07) is 11.4. The summed E-state index contributed by atoms with van der Waals surface area (Å²) >= 11 is 0. The number of Topliss-reactive ketones (excluding diaryl/α,β-unsaturated/α-hetero) is 1. The molecule has 4 N–H and O–H groups in total. The molecule has 16 nitrogen and oxygen atoms in total. The molecule has 17 heteroatoms. The number of carbonyl (C=O) groups excluding carboxylic acids is 4. The van der Waals surface area contributed by atoms with Gasteiger partial charge in [-0.15, -0.1) is 0 Å². The number of imidazole rings is 1. The lowest BCUT2D eigenvalue weighted by Gasteiger charge is -2.33. The molecule has 0 aliphatic carbocycles. The molecule has 4 aliphatic heterocycles. The molecule has 2 aromatic carbocycles. The minimum Gasteiger partial charge on any atom is -0.453 e. The summed E-state index contributed by atoms with van der Waals surface area (Å²) < 4.78 is 32.3. The van der Waals surface area contributed by atoms with Gasteiger partial charge in [0.2, 0.25) is 17.5 Å². The molecule has 324 valence electrons. The van der Waals surface area contributed by atoms with Gasteiger partial charge in [0.15, 0.2) is 34.8 Å². The van der Waals surface area contributed by atoms with Crippen LogP contribution < -0.4 is 30.1 Å². The van der Waals surface area contributed by atoms with E-state index in [1.807, 2.05) is 56.4 Å². The summed E-state index contributed by atoms with van der Waals surface area (Å²) in [5, 5.41) is 8.73. The van der Waals surface area contributed by atoms with Gasteiger partial charge in [0.05, 0.1) is 32.2 Å². The summed E-state index contributed by atoms with van der Waals surface area (Å²) in [5.41, 5.74) is 2.72. The number of likely N-dealkylation sites (tertiary alicyclic amines) is 1. The summed E-state index contributed by atoms with van der Waals surface area (Å²) in [6.07, 6.45) is 1.76. The number of fused-ring (bicyclic) bond motifs is 2. The number of alkyl carbamates (subject to hydrolysis) is 2. The number of hydrogen-bond donors (Lipinski definition) is 4. The number of amidine groups is 1. The van der Waals surface area contributed by atoms with Crippen molar-refractivity contribution < 1.29 is 42.9 Å². The first-order chi connectivity index (χ1) is 29.0. The van der Waals surface area contributed by atoms with Gasteiger partial charge in [-0.2, -0.15) is 4.67 Å². The second-order valence-corrected chi connectivity index (χ2v) is 22.9. The molecule has 0 radical (unpaired) electrons. The molecule has 4 aliphatic rings. The summed E-state index contributed by atoms with van der Waals surface area (Å²) in [7, 11) is 2.37. The average molecular weight is 855 g/mol. The predicted molar refractivity (Wildman–Crippen MR) is 232 cm³/mol. The van der Waals surface area contributed by atoms with Crippen LogP contribution in [0.1, 0.15) is 64.3 Å². The molecule has 6 unspecified atom stereocenters. The van der Waals surface area contributed by atoms with Crippen molar-refractivity contribution in [3.63, 3.8) is 0 Å². The maximum Gasteiger partial charge on any atom is 0.407 e. The summed E-state index contributed by atoms with van der Waals surface area (Å²) in [5.74, 6) is 6.31. The number of rotatable bonds is 13. The van der Waals surface area contributed by atoms with E-state index in [1.54, 1.807) is 11.8 Å². The molecule has 0 saturated carbocycles. The SMILES string of the molecule is COC(=O)NC(C(=O)N1CCCC1C1=[N+]=C=C(c2ccc3c(c2)Oc2ccc(-c4cnc(C5C[Si](C)(C)CC5(C)CC(=O)C(NC(=O)OC)C(C)OC)[nH]4)cc2O3)N1)C(C)C. The molecule has 3 amide bonds. The first-order valence-electron chi connectivity index (χ1n) is 20.7. The largest absolute Gasteiger partial charge is 0.453 e. The van der Waals surface area contributed by atoms with Gasteiger partial charge in [-0.1, -0.05) is 39.9 Å². The third-order valence-corrected chi connectivity index (χ3v) is 15.6. The molecule has 6 atom stereocenters. The number of H-pyrrole nitrogens is 1. The number of nitrogens with one attached hydrogen (secondary N) is 4. The van der Waals surface area contributed by atoms with Crippen molar-refractivity contribution >= 4 is 49.4 Å². The van der Waals surface area contributed by atoms with Gasteiger partial charge in [0, 0.05) is 45.2 Å². The number of ether oxygens (including phenoxy) is 5. The average Bonchev–Trinajstić information content (AvgIpc) is 4.06. The van der Waals surface area contributed by atoms with E-state index in [1.165, 1.54) is 21.3 Å². The molecule has 5 heterocycles. The second kappa shape index (κ2) is 17.2. The number of hydrogen-bond acceptors (Lipinski definition) is 11. The van der Waals surface area contributed by atoms with Gasteiger partial charge >= 0.3 is 18.0 Å². The molecule has 2 saturated heterocycles. The topological polar surface area (TPSA) is 197 Å². The molecular formula is C44H56N7O9Si+. The van der Waals surface area contributed by atoms with Crippen molar-refractivity contribution in [1.29, 1.82) is 0 Å². The minimum absolute atomic E-state index is 0.0112. The van der Waals surface area contributed by atoms with Gasteiger partial charge in [0.1, 0.15) is 17.9 Å². The number of aromatic amines is 1. The fraction of sp³-hybridized carbons (Fsp3) is 0.500. The number of aromatic nitrogens is 2. The Morgan fingerprint density at radius 1 is 0.967 bits per heavy atom. The fourth-order valence-corrected chi connectivity index (χ4v) is 13.8. The molecule has 61 heavy (non-hydrogen) atoms. The zero-order valence-electron chi connectivity index (χ0n) is 36.3. The Kier molecular flexibility index (Phi) is 12.2. The van der Waals surface area contributed by atoms with Gasteiger partial charge in [-0.25, -0.2) is 19.9 Å². The predicted octanol–water partition coefficient (Wildman–Crippen LogP) is 5.96. The zero-order valence-corrected chi connectivity index (χ0v) is 37.3. The van der Waals surface area contributed by atoms with Crippen LogP contribution in [-0.2, 0) is 23.8 Å². The van der Waals surface area contributed by atoms with Gasteiger partial charge in [-0.05, 0) is 73.5 Å². The van der Waals surface area contributed by atoms with Gasteiger partial charge in [0.25, 0.3) is 0 Å². The Balaban J connectivity index is 1.04. The monoisotopic (exact) mass is 854 g/mol. The highest BCUT2D eigenvalue weighted by molar-refractivity contribution is 6.78. The Morgan fingerprint density at radius 2 is 1.61 bits per heavy atom. The normalized spacial score (nSPS) is 22.4. The smallest absolute Gasteiger partial charge is 0.407 e. The maximum atomic E-state index is 13.8. The third-order valence-electron chi connectivity index (χ3n) is 12.3. The highest BCUT2D eigenvalue weighted by Crippen LogP contribution is 2.56. The first-order valence-corrected chi connectivity index (χ1v) is 24.2. The fourth-order valence-electron chi connectivity index (χ4n) is 9.34. The van der Waals surface area contributed by atoms with Crippen molar-refractivity contribution in [2.24, 2.45) is 11.3 Å². The van der Waals surface area contributed by atoms with Crippen molar-refractivity contribution in [1.82, 2.24) is 35.5 Å². The van der Waals surface area contributed by atoms with Crippen LogP contribution in [0.5, 0.6) is 23.0 Å². The molecule has 0 bridgehead atoms. The van der Waals surface area contributed by atoms with Crippen LogP contribution in [0.3, 0.4) is 0 Å². The van der Waals surface area contributed by atoms with E-state index in [0.717, 1.165) is 47.6 Å². The molecule has 0 spiro atoms. The van der Waals surface area contributed by atoms with Crippen LogP contribution in [0.4, 0.5) is 9.59 Å². The summed E-state index contributed by atoms with van der Waals surface area (Å²) in [4.78, 5) is 61.8. The van der Waals surface area contributed by atoms with Gasteiger partial charge < -0.3 is 44.2 Å². The standard InChI is InChI=1S/C44H55N7O9Si/c1-24(2)37(49-42(54)57-6)41(53)51-16-10-11-31(51)40-46-21-30(48-40)27-13-15-34-36(18-27)60-33-14-12-26(17-35(33)59-34)29-20-45-39(47-29)28-22-61(8,9)23-44(28,4)19-32(52)38(25(3)56-5)50-43(55)58-7/h12-15,17-18,20,24-25,28,31,37-38H,10-11,16,19,22-23H2,1-9H3,(H3,45,47,49,50,54,55)/p+1. The summed E-state index contributed by atoms with van der Waals surface area (Å²) in [6.45, 7) is 12.9. The lowest BCUT2D eigenvalue weighted by atomic mass is 9.74. The van der Waals surface area contributed by atoms with E-state index in [-0.39, 0.29) is 41.4 Å². The van der Waals surface area contributed by atoms with Crippen molar-refractivity contribution in [2.75, 3.05) is 27.9 Å². The minimum atomic E-state index is -1.70. The van der Waals surface area contributed by atoms with Crippen molar-refractivity contribution in [3.05, 3.63) is 54.0 Å². The Hall–Kier alpha value is -5.86. The van der Waals surface area contributed by atoms with E-state index >= 15 is 0 Å². The van der Waals surface area contributed by atoms with Gasteiger partial charge in [-0.3, -0.25) is 9.59 Å². The number of amides is 3. The number of carbonyl (C=O) groups is 4. The Bertz CT molecular complexity index is 2330. The van der Waals surface area contributed by atoms with Crippen LogP contribution in [0.15, 0.2) is 42.6 Å². The molecule has 1 aromatic heterocycles. The van der Waals surface area contributed by atoms with Crippen LogP contribution >= 0.6 is 0 Å². The third kappa shape index (κ3) is 8.96. The molecule has 3 aromatic rings. The first kappa shape index (κ1) is 43.2. The Labute approximate surface area is 356 Å². The number of benzene rings is 2. The highest BCUT2D eigenvalue weighted by Gasteiger charge is 2.52. The van der Waals surface area contributed by atoms with Crippen LogP contribution in [-0.4, -0.2) is 111 Å². The number of methoxy groups -OCH3 is 3. The van der Waals surface area contributed by atoms with E-state index in [2.05, 4.69) is 51.5 Å². The maximum absolute atomic E-state index is 13.8. The van der Waals surface area contributed by atoms with E-state index < -0.39 is 38.4 Å². The van der Waals surface area contributed by atoms with Crippen LogP contribution in [0, 0.1) is 11.3 Å². The van der Waals surface area contributed by atoms with E-state index in [0.29, 0.717) is 41.1 Å². The van der Waals surface area contributed by atoms with Crippen LogP contribution in [0.25, 0.3) is 17.0 Å². The highest BCUT2D eigenvalue weighted by atomic mass is 28.3.